The molecule has 1 heterocycles. The fraction of sp³-hybridized carbons (Fsp3) is 0.800. The number of rotatable bonds is 0. The van der Waals surface area contributed by atoms with E-state index in [1.54, 1.807) is 11.8 Å². The number of carbonyl (C=O) groups is 1. The molecule has 0 aromatic heterocycles. The van der Waals surface area contributed by atoms with Gasteiger partial charge in [-0.2, -0.15) is 0 Å². The zero-order chi connectivity index (χ0) is 5.49. The normalized spacial score (nSPS) is 26.9. The van der Waals surface area contributed by atoms with E-state index in [1.165, 1.54) is 0 Å². The topological polar surface area (TPSA) is 17.1 Å². The molecular weight excluding hydrogens is 108 g/mol. The number of thioether (sulfide) groups is 1. The molecule has 0 N–H and O–H groups in total. The molecule has 7 heavy (non-hydrogen) atoms. The third-order valence-electron chi connectivity index (χ3n) is 1.24. The van der Waals surface area contributed by atoms with Crippen molar-refractivity contribution in [3.8, 4) is 0 Å². The van der Waals surface area contributed by atoms with Crippen LogP contribution in [0.5, 0.6) is 0 Å². The van der Waals surface area contributed by atoms with Crippen LogP contribution >= 0.6 is 11.8 Å². The van der Waals surface area contributed by atoms with Gasteiger partial charge in [0.2, 0.25) is 0 Å². The minimum atomic E-state index is -0.0417. The lowest BCUT2D eigenvalue weighted by molar-refractivity contribution is -0.119. The molecule has 0 aromatic rings. The van der Waals surface area contributed by atoms with E-state index < -0.39 is 0 Å². The van der Waals surface area contributed by atoms with Crippen LogP contribution in [-0.2, 0) is 4.79 Å². The van der Waals surface area contributed by atoms with Crippen molar-refractivity contribution in [1.29, 1.82) is 0 Å². The molecule has 0 radical (unpaired) electrons. The van der Waals surface area contributed by atoms with Crippen LogP contribution in [0.1, 0.15) is 13.8 Å². The first-order chi connectivity index (χ1) is 3.13. The number of ketones is 1. The van der Waals surface area contributed by atoms with Gasteiger partial charge in [0, 0.05) is 0 Å². The number of hydrogen-bond donors (Lipinski definition) is 0. The highest BCUT2D eigenvalue weighted by Gasteiger charge is 2.37. The molecule has 0 aliphatic carbocycles. The van der Waals surface area contributed by atoms with E-state index in [-0.39, 0.29) is 4.75 Å². The molecule has 1 fully saturated rings. The van der Waals surface area contributed by atoms with Crippen LogP contribution in [0.3, 0.4) is 0 Å². The van der Waals surface area contributed by atoms with Gasteiger partial charge in [-0.3, -0.25) is 4.79 Å². The third kappa shape index (κ3) is 0.673. The van der Waals surface area contributed by atoms with Gasteiger partial charge in [0.1, 0.15) is 0 Å². The second-order valence-corrected chi connectivity index (χ2v) is 3.82. The number of Topliss-reactive ketones (excluding diaryl/α,β-unsaturated/α-hetero) is 1. The molecule has 1 nitrogen and oxygen atoms in total. The van der Waals surface area contributed by atoms with Crippen LogP contribution in [0.15, 0.2) is 0 Å². The van der Waals surface area contributed by atoms with Crippen molar-refractivity contribution in [1.82, 2.24) is 0 Å². The Bertz CT molecular complexity index is 107. The van der Waals surface area contributed by atoms with Crippen molar-refractivity contribution < 1.29 is 4.79 Å². The Labute approximate surface area is 47.5 Å². The molecule has 0 unspecified atom stereocenters. The molecule has 1 rings (SSSR count). The minimum Gasteiger partial charge on any atom is -0.297 e. The maximum atomic E-state index is 10.5. The standard InChI is InChI=1S/C5H8OS/c1-5(2)4(6)3-7-5/h3H2,1-2H3. The average Bonchev–Trinajstić information content (AvgIpc) is 1.63. The number of carbonyl (C=O) groups excluding carboxylic acids is 1. The van der Waals surface area contributed by atoms with Gasteiger partial charge in [-0.15, -0.1) is 11.8 Å². The van der Waals surface area contributed by atoms with Crippen molar-refractivity contribution >= 4 is 17.5 Å². The van der Waals surface area contributed by atoms with E-state index in [9.17, 15) is 4.79 Å². The SMILES string of the molecule is CC1(C)SCC1=O. The van der Waals surface area contributed by atoms with Crippen LogP contribution in [-0.4, -0.2) is 16.3 Å². The van der Waals surface area contributed by atoms with Gasteiger partial charge in [-0.1, -0.05) is 0 Å². The van der Waals surface area contributed by atoms with Crippen molar-refractivity contribution in [3.63, 3.8) is 0 Å². The van der Waals surface area contributed by atoms with Crippen LogP contribution in [0.2, 0.25) is 0 Å². The monoisotopic (exact) mass is 116 g/mol. The summed E-state index contributed by atoms with van der Waals surface area (Å²) in [6, 6.07) is 0. The molecule has 0 atom stereocenters. The second-order valence-electron chi connectivity index (χ2n) is 2.22. The first kappa shape index (κ1) is 5.16. The van der Waals surface area contributed by atoms with Gasteiger partial charge in [0.15, 0.2) is 5.78 Å². The summed E-state index contributed by atoms with van der Waals surface area (Å²) in [5.41, 5.74) is 0. The van der Waals surface area contributed by atoms with Gasteiger partial charge in [0.05, 0.1) is 10.5 Å². The molecule has 1 aliphatic rings. The smallest absolute Gasteiger partial charge is 0.158 e. The molecule has 0 bridgehead atoms. The first-order valence-electron chi connectivity index (χ1n) is 2.30. The van der Waals surface area contributed by atoms with Gasteiger partial charge < -0.3 is 0 Å². The summed E-state index contributed by atoms with van der Waals surface area (Å²) >= 11 is 1.72. The molecule has 40 valence electrons. The molecular formula is C5H8OS. The molecule has 0 saturated carbocycles. The van der Waals surface area contributed by atoms with Crippen LogP contribution in [0, 0.1) is 0 Å². The zero-order valence-corrected chi connectivity index (χ0v) is 5.34. The Hall–Kier alpha value is 0.0200. The average molecular weight is 116 g/mol. The molecule has 2 heteroatoms. The van der Waals surface area contributed by atoms with Crippen LogP contribution in [0.4, 0.5) is 0 Å². The second kappa shape index (κ2) is 1.25. The highest BCUT2D eigenvalue weighted by atomic mass is 32.2. The molecule has 1 saturated heterocycles. The fourth-order valence-corrected chi connectivity index (χ4v) is 1.26. The van der Waals surface area contributed by atoms with Crippen molar-refractivity contribution in [2.75, 3.05) is 5.75 Å². The molecule has 1 aliphatic heterocycles. The van der Waals surface area contributed by atoms with Crippen molar-refractivity contribution in [2.45, 2.75) is 18.6 Å². The Morgan fingerprint density at radius 1 is 1.71 bits per heavy atom. The Morgan fingerprint density at radius 2 is 2.14 bits per heavy atom. The summed E-state index contributed by atoms with van der Waals surface area (Å²) in [5, 5.41) is 0. The van der Waals surface area contributed by atoms with E-state index in [0.717, 1.165) is 5.75 Å². The van der Waals surface area contributed by atoms with Crippen LogP contribution in [0.25, 0.3) is 0 Å². The van der Waals surface area contributed by atoms with Crippen molar-refractivity contribution in [3.05, 3.63) is 0 Å². The Morgan fingerprint density at radius 3 is 2.14 bits per heavy atom. The summed E-state index contributed by atoms with van der Waals surface area (Å²) in [6.45, 7) is 3.92. The lowest BCUT2D eigenvalue weighted by Crippen LogP contribution is -2.40. The summed E-state index contributed by atoms with van der Waals surface area (Å²) in [5.74, 6) is 1.12. The maximum absolute atomic E-state index is 10.5. The van der Waals surface area contributed by atoms with Gasteiger partial charge in [-0.05, 0) is 13.8 Å². The predicted molar refractivity (Wildman–Crippen MR) is 31.5 cm³/mol. The number of hydrogen-bond acceptors (Lipinski definition) is 2. The zero-order valence-electron chi connectivity index (χ0n) is 4.52. The Balaban J connectivity index is 2.59. The van der Waals surface area contributed by atoms with E-state index in [1.807, 2.05) is 13.8 Å². The molecule has 0 spiro atoms. The summed E-state index contributed by atoms with van der Waals surface area (Å²) in [7, 11) is 0. The van der Waals surface area contributed by atoms with E-state index >= 15 is 0 Å². The fourth-order valence-electron chi connectivity index (χ4n) is 0.420. The largest absolute Gasteiger partial charge is 0.297 e. The summed E-state index contributed by atoms with van der Waals surface area (Å²) in [4.78, 5) is 10.5. The highest BCUT2D eigenvalue weighted by molar-refractivity contribution is 8.04. The molecule has 0 amide bonds. The minimum absolute atomic E-state index is 0.0417. The third-order valence-corrected chi connectivity index (χ3v) is 2.59. The van der Waals surface area contributed by atoms with E-state index in [0.29, 0.717) is 5.78 Å². The summed E-state index contributed by atoms with van der Waals surface area (Å²) in [6.07, 6.45) is 0. The van der Waals surface area contributed by atoms with Crippen molar-refractivity contribution in [2.24, 2.45) is 0 Å². The highest BCUT2D eigenvalue weighted by Crippen LogP contribution is 2.35. The first-order valence-corrected chi connectivity index (χ1v) is 3.29. The van der Waals surface area contributed by atoms with Gasteiger partial charge >= 0.3 is 0 Å². The predicted octanol–water partition coefficient (Wildman–Crippen LogP) is 1.08. The maximum Gasteiger partial charge on any atom is 0.158 e. The van der Waals surface area contributed by atoms with Crippen LogP contribution < -0.4 is 0 Å². The van der Waals surface area contributed by atoms with E-state index in [4.69, 9.17) is 0 Å². The van der Waals surface area contributed by atoms with E-state index in [2.05, 4.69) is 0 Å². The van der Waals surface area contributed by atoms with Gasteiger partial charge in [0.25, 0.3) is 0 Å². The Kier molecular flexibility index (Phi) is 0.921. The van der Waals surface area contributed by atoms with Gasteiger partial charge in [-0.25, -0.2) is 0 Å². The summed E-state index contributed by atoms with van der Waals surface area (Å²) < 4.78 is -0.0417. The lowest BCUT2D eigenvalue weighted by atomic mass is 10.1. The quantitative estimate of drug-likeness (QED) is 0.471. The lowest BCUT2D eigenvalue weighted by Gasteiger charge is -2.30. The molecule has 0 aromatic carbocycles.